The second-order valence-corrected chi connectivity index (χ2v) is 17.5. The van der Waals surface area contributed by atoms with Crippen molar-refractivity contribution >= 4 is 16.6 Å². The predicted molar refractivity (Wildman–Crippen MR) is 115 cm³/mol. The maximum Gasteiger partial charge on any atom is 0.176 e. The van der Waals surface area contributed by atoms with Gasteiger partial charge in [0, 0.05) is 13.2 Å². The summed E-state index contributed by atoms with van der Waals surface area (Å²) in [7, 11) is -3.13. The Labute approximate surface area is 159 Å². The second-order valence-electron chi connectivity index (χ2n) is 8.60. The lowest BCUT2D eigenvalue weighted by atomic mass is 10.3. The summed E-state index contributed by atoms with van der Waals surface area (Å²) in [5, 5.41) is 0. The maximum atomic E-state index is 6.68. The number of hydrogen-bond acceptors (Lipinski definition) is 3. The van der Waals surface area contributed by atoms with Gasteiger partial charge in [-0.25, -0.2) is 0 Å². The van der Waals surface area contributed by atoms with Crippen molar-refractivity contribution in [2.24, 2.45) is 0 Å². The first-order chi connectivity index (χ1) is 11.5. The first kappa shape index (κ1) is 24.8. The largest absolute Gasteiger partial charge is 0.456 e. The zero-order valence-electron chi connectivity index (χ0n) is 17.7. The molecule has 25 heavy (non-hydrogen) atoms. The van der Waals surface area contributed by atoms with Crippen molar-refractivity contribution < 1.29 is 13.6 Å². The molecule has 0 aromatic carbocycles. The molecule has 0 radical (unpaired) electrons. The summed E-state index contributed by atoms with van der Waals surface area (Å²) in [5.41, 5.74) is 2.19. The Kier molecular flexibility index (Phi) is 12.9. The molecule has 0 amide bonds. The predicted octanol–water partition coefficient (Wildman–Crippen LogP) is 6.16. The Morgan fingerprint density at radius 3 is 1.44 bits per heavy atom. The van der Waals surface area contributed by atoms with Crippen LogP contribution in [0.1, 0.15) is 39.5 Å². The van der Waals surface area contributed by atoms with Gasteiger partial charge in [0.15, 0.2) is 16.6 Å². The lowest BCUT2D eigenvalue weighted by molar-refractivity contribution is 0.152. The van der Waals surface area contributed by atoms with Crippen LogP contribution in [-0.4, -0.2) is 43.1 Å². The minimum atomic E-state index is -1.63. The highest BCUT2D eigenvalue weighted by Gasteiger charge is 2.33. The van der Waals surface area contributed by atoms with Crippen molar-refractivity contribution in [3.8, 4) is 0 Å². The Balaban J connectivity index is 4.15. The van der Waals surface area contributed by atoms with Crippen LogP contribution in [0, 0.1) is 0 Å². The minimum Gasteiger partial charge on any atom is -0.456 e. The standard InChI is InChI=1S/C20H42O3Si2/c1-19(2)17-21-13-9-11-15-25(8,23-24(5,6)7)16-12-10-14-22-18-20(3)4/h1,3,9-18H2,2,4-8H3. The molecule has 0 fully saturated rings. The van der Waals surface area contributed by atoms with E-state index in [-0.39, 0.29) is 0 Å². The molecular weight excluding hydrogens is 344 g/mol. The van der Waals surface area contributed by atoms with Crippen LogP contribution in [0.25, 0.3) is 0 Å². The molecule has 0 saturated carbocycles. The van der Waals surface area contributed by atoms with Crippen molar-refractivity contribution in [1.29, 1.82) is 0 Å². The Morgan fingerprint density at radius 1 is 0.720 bits per heavy atom. The third-order valence-corrected chi connectivity index (χ3v) is 11.0. The van der Waals surface area contributed by atoms with E-state index in [1.165, 1.54) is 24.9 Å². The van der Waals surface area contributed by atoms with Gasteiger partial charge in [-0.15, -0.1) is 0 Å². The number of ether oxygens (including phenoxy) is 2. The molecule has 0 spiro atoms. The monoisotopic (exact) mass is 386 g/mol. The second kappa shape index (κ2) is 13.0. The summed E-state index contributed by atoms with van der Waals surface area (Å²) >= 11 is 0. The summed E-state index contributed by atoms with van der Waals surface area (Å²) in [5.74, 6) is 0. The Hall–Kier alpha value is -0.206. The molecular formula is C20H42O3Si2. The zero-order valence-corrected chi connectivity index (χ0v) is 19.7. The van der Waals surface area contributed by atoms with E-state index in [4.69, 9.17) is 13.6 Å². The van der Waals surface area contributed by atoms with Crippen LogP contribution in [0.3, 0.4) is 0 Å². The van der Waals surface area contributed by atoms with Gasteiger partial charge in [-0.3, -0.25) is 0 Å². The van der Waals surface area contributed by atoms with E-state index < -0.39 is 16.6 Å². The fourth-order valence-electron chi connectivity index (χ4n) is 2.87. The van der Waals surface area contributed by atoms with Crippen LogP contribution in [0.4, 0.5) is 0 Å². The third kappa shape index (κ3) is 17.0. The van der Waals surface area contributed by atoms with E-state index in [2.05, 4.69) is 39.3 Å². The summed E-state index contributed by atoms with van der Waals surface area (Å²) in [6.07, 6.45) is 4.64. The molecule has 0 heterocycles. The average molecular weight is 387 g/mol. The van der Waals surface area contributed by atoms with Gasteiger partial charge in [0.1, 0.15) is 0 Å². The molecule has 0 aromatic heterocycles. The lowest BCUT2D eigenvalue weighted by Crippen LogP contribution is -2.44. The third-order valence-electron chi connectivity index (χ3n) is 3.74. The van der Waals surface area contributed by atoms with Gasteiger partial charge in [-0.2, -0.15) is 0 Å². The normalized spacial score (nSPS) is 12.4. The van der Waals surface area contributed by atoms with Crippen LogP contribution in [0.5, 0.6) is 0 Å². The van der Waals surface area contributed by atoms with Crippen molar-refractivity contribution in [1.82, 2.24) is 0 Å². The molecule has 0 aliphatic rings. The quantitative estimate of drug-likeness (QED) is 0.181. The highest BCUT2D eigenvalue weighted by molar-refractivity contribution is 6.84. The molecule has 0 atom stereocenters. The molecule has 0 rings (SSSR count). The van der Waals surface area contributed by atoms with Crippen molar-refractivity contribution in [3.05, 3.63) is 24.3 Å². The Bertz CT molecular complexity index is 363. The van der Waals surface area contributed by atoms with Gasteiger partial charge in [0.25, 0.3) is 0 Å². The first-order valence-electron chi connectivity index (χ1n) is 9.68. The van der Waals surface area contributed by atoms with Gasteiger partial charge < -0.3 is 13.6 Å². The molecule has 0 bridgehead atoms. The van der Waals surface area contributed by atoms with E-state index in [1.54, 1.807) is 0 Å². The van der Waals surface area contributed by atoms with Crippen molar-refractivity contribution in [3.63, 3.8) is 0 Å². The first-order valence-corrected chi connectivity index (χ1v) is 15.9. The molecule has 0 unspecified atom stereocenters. The van der Waals surface area contributed by atoms with Gasteiger partial charge in [0.2, 0.25) is 0 Å². The molecule has 5 heteroatoms. The fourth-order valence-corrected chi connectivity index (χ4v) is 11.8. The molecule has 148 valence electrons. The van der Waals surface area contributed by atoms with E-state index in [0.717, 1.165) is 37.2 Å². The molecule has 3 nitrogen and oxygen atoms in total. The highest BCUT2D eigenvalue weighted by Crippen LogP contribution is 2.27. The summed E-state index contributed by atoms with van der Waals surface area (Å²) in [6.45, 7) is 24.1. The zero-order chi connectivity index (χ0) is 19.3. The van der Waals surface area contributed by atoms with Crippen molar-refractivity contribution in [2.45, 2.75) is 77.8 Å². The molecule has 0 aromatic rings. The number of unbranched alkanes of at least 4 members (excludes halogenated alkanes) is 2. The van der Waals surface area contributed by atoms with Crippen LogP contribution >= 0.6 is 0 Å². The Morgan fingerprint density at radius 2 is 1.12 bits per heavy atom. The van der Waals surface area contributed by atoms with E-state index >= 15 is 0 Å². The molecule has 0 saturated heterocycles. The fraction of sp³-hybridized carbons (Fsp3) is 0.800. The summed E-state index contributed by atoms with van der Waals surface area (Å²) in [6, 6.07) is 2.47. The topological polar surface area (TPSA) is 27.7 Å². The molecule has 0 N–H and O–H groups in total. The van der Waals surface area contributed by atoms with Crippen LogP contribution in [0.2, 0.25) is 38.3 Å². The average Bonchev–Trinajstić information content (AvgIpc) is 2.44. The summed E-state index contributed by atoms with van der Waals surface area (Å²) < 4.78 is 17.9. The summed E-state index contributed by atoms with van der Waals surface area (Å²) in [4.78, 5) is 0. The minimum absolute atomic E-state index is 0.685. The molecule has 0 aliphatic carbocycles. The van der Waals surface area contributed by atoms with Gasteiger partial charge in [0.05, 0.1) is 13.2 Å². The number of rotatable bonds is 16. The van der Waals surface area contributed by atoms with Gasteiger partial charge >= 0.3 is 0 Å². The maximum absolute atomic E-state index is 6.68. The van der Waals surface area contributed by atoms with Crippen molar-refractivity contribution in [2.75, 3.05) is 26.4 Å². The van der Waals surface area contributed by atoms with E-state index in [9.17, 15) is 0 Å². The lowest BCUT2D eigenvalue weighted by Gasteiger charge is -2.35. The van der Waals surface area contributed by atoms with Gasteiger partial charge in [-0.05, 0) is 65.0 Å². The molecule has 0 aliphatic heterocycles. The van der Waals surface area contributed by atoms with E-state index in [1.807, 2.05) is 13.8 Å². The smallest absolute Gasteiger partial charge is 0.176 e. The van der Waals surface area contributed by atoms with E-state index in [0.29, 0.717) is 13.2 Å². The van der Waals surface area contributed by atoms with Crippen LogP contribution in [0.15, 0.2) is 24.3 Å². The van der Waals surface area contributed by atoms with Gasteiger partial charge in [-0.1, -0.05) is 37.1 Å². The SMILES string of the molecule is C=C(C)COCCCC[Si](C)(CCCCOCC(=C)C)O[Si](C)(C)C. The number of hydrogen-bond donors (Lipinski definition) is 0. The van der Waals surface area contributed by atoms with Crippen LogP contribution < -0.4 is 0 Å². The van der Waals surface area contributed by atoms with Crippen LogP contribution in [-0.2, 0) is 13.6 Å². The highest BCUT2D eigenvalue weighted by atomic mass is 28.4.